The number of nitrogens with one attached hydrogen (secondary N) is 1. The molecule has 0 aliphatic carbocycles. The summed E-state index contributed by atoms with van der Waals surface area (Å²) >= 11 is 0. The Hall–Kier alpha value is -4.63. The van der Waals surface area contributed by atoms with Crippen LogP contribution < -0.4 is 5.32 Å². The number of para-hydroxylation sites is 1. The molecule has 6 heteroatoms. The zero-order valence-electron chi connectivity index (χ0n) is 19.6. The van der Waals surface area contributed by atoms with Crippen molar-refractivity contribution < 1.29 is 9.59 Å². The highest BCUT2D eigenvalue weighted by atomic mass is 16.2. The number of carbonyl (C=O) groups excluding carboxylic acids is 2. The molecule has 35 heavy (non-hydrogen) atoms. The van der Waals surface area contributed by atoms with Crippen molar-refractivity contribution in [3.05, 3.63) is 112 Å². The van der Waals surface area contributed by atoms with Crippen molar-refractivity contribution in [1.29, 1.82) is 5.26 Å². The van der Waals surface area contributed by atoms with E-state index in [2.05, 4.69) is 16.0 Å². The van der Waals surface area contributed by atoms with Gasteiger partial charge in [-0.15, -0.1) is 0 Å². The number of urea groups is 1. The molecule has 0 unspecified atom stereocenters. The summed E-state index contributed by atoms with van der Waals surface area (Å²) in [6, 6.07) is 25.1. The fourth-order valence-electron chi connectivity index (χ4n) is 4.52. The first-order valence-corrected chi connectivity index (χ1v) is 11.4. The third-order valence-electron chi connectivity index (χ3n) is 6.46. The van der Waals surface area contributed by atoms with Gasteiger partial charge in [0.25, 0.3) is 5.91 Å². The lowest BCUT2D eigenvalue weighted by atomic mass is 10.1. The van der Waals surface area contributed by atoms with E-state index in [4.69, 9.17) is 0 Å². The molecular weight excluding hydrogens is 436 g/mol. The number of hydrogen-bond donors (Lipinski definition) is 1. The van der Waals surface area contributed by atoms with Crippen molar-refractivity contribution >= 4 is 28.9 Å². The number of hydrogen-bond acceptors (Lipinski definition) is 3. The van der Waals surface area contributed by atoms with Gasteiger partial charge in [0, 0.05) is 28.7 Å². The minimum atomic E-state index is -0.425. The highest BCUT2D eigenvalue weighted by Crippen LogP contribution is 2.30. The van der Waals surface area contributed by atoms with Crippen LogP contribution >= 0.6 is 0 Å². The van der Waals surface area contributed by atoms with Crippen molar-refractivity contribution in [3.8, 4) is 6.07 Å². The van der Waals surface area contributed by atoms with Gasteiger partial charge in [-0.1, -0.05) is 66.2 Å². The van der Waals surface area contributed by atoms with Gasteiger partial charge >= 0.3 is 6.03 Å². The maximum atomic E-state index is 13.2. The van der Waals surface area contributed by atoms with E-state index in [1.54, 1.807) is 6.08 Å². The smallest absolute Gasteiger partial charge is 0.329 e. The summed E-state index contributed by atoms with van der Waals surface area (Å²) in [5.41, 5.74) is 6.65. The second kappa shape index (κ2) is 8.96. The maximum absolute atomic E-state index is 13.2. The second-order valence-corrected chi connectivity index (χ2v) is 8.74. The number of nitriles is 1. The van der Waals surface area contributed by atoms with E-state index in [-0.39, 0.29) is 18.1 Å². The van der Waals surface area contributed by atoms with Gasteiger partial charge in [0.1, 0.15) is 5.70 Å². The van der Waals surface area contributed by atoms with E-state index in [1.807, 2.05) is 86.6 Å². The lowest BCUT2D eigenvalue weighted by Gasteiger charge is -2.12. The Morgan fingerprint density at radius 3 is 2.40 bits per heavy atom. The Morgan fingerprint density at radius 2 is 1.63 bits per heavy atom. The van der Waals surface area contributed by atoms with Gasteiger partial charge < -0.3 is 9.88 Å². The molecule has 3 amide bonds. The van der Waals surface area contributed by atoms with Gasteiger partial charge in [0.05, 0.1) is 18.2 Å². The average Bonchev–Trinajstić information content (AvgIpc) is 3.29. The summed E-state index contributed by atoms with van der Waals surface area (Å²) in [7, 11) is 0. The molecule has 1 aliphatic heterocycles. The first-order valence-electron chi connectivity index (χ1n) is 11.4. The molecule has 0 spiro atoms. The predicted molar refractivity (Wildman–Crippen MR) is 135 cm³/mol. The van der Waals surface area contributed by atoms with Crippen molar-refractivity contribution in [2.75, 3.05) is 0 Å². The molecule has 0 radical (unpaired) electrons. The van der Waals surface area contributed by atoms with Crippen molar-refractivity contribution in [2.45, 2.75) is 26.9 Å². The first kappa shape index (κ1) is 22.2. The van der Waals surface area contributed by atoms with E-state index in [0.29, 0.717) is 12.1 Å². The lowest BCUT2D eigenvalue weighted by molar-refractivity contribution is -0.123. The van der Waals surface area contributed by atoms with Crippen LogP contribution in [0, 0.1) is 25.2 Å². The maximum Gasteiger partial charge on any atom is 0.329 e. The van der Waals surface area contributed by atoms with Crippen LogP contribution in [0.1, 0.15) is 33.5 Å². The van der Waals surface area contributed by atoms with Crippen LogP contribution in [0.5, 0.6) is 0 Å². The normalized spacial score (nSPS) is 14.5. The molecule has 1 saturated heterocycles. The number of rotatable bonds is 5. The molecule has 172 valence electrons. The Balaban J connectivity index is 1.52. The molecule has 4 aromatic rings. The van der Waals surface area contributed by atoms with Gasteiger partial charge in [-0.25, -0.2) is 4.79 Å². The van der Waals surface area contributed by atoms with E-state index in [0.717, 1.165) is 38.9 Å². The van der Waals surface area contributed by atoms with E-state index < -0.39 is 6.03 Å². The van der Waals surface area contributed by atoms with Gasteiger partial charge in [-0.05, 0) is 43.2 Å². The van der Waals surface area contributed by atoms with Crippen LogP contribution in [-0.2, 0) is 17.9 Å². The molecule has 2 heterocycles. The van der Waals surface area contributed by atoms with Crippen LogP contribution in [0.25, 0.3) is 17.0 Å². The molecule has 1 N–H and O–H groups in total. The molecule has 0 atom stereocenters. The van der Waals surface area contributed by atoms with Gasteiger partial charge in [0.2, 0.25) is 0 Å². The summed E-state index contributed by atoms with van der Waals surface area (Å²) < 4.78 is 2.14. The third-order valence-corrected chi connectivity index (χ3v) is 6.46. The van der Waals surface area contributed by atoms with Crippen molar-refractivity contribution in [3.63, 3.8) is 0 Å². The van der Waals surface area contributed by atoms with Gasteiger partial charge in [-0.2, -0.15) is 5.26 Å². The Morgan fingerprint density at radius 1 is 0.914 bits per heavy atom. The third kappa shape index (κ3) is 4.09. The topological polar surface area (TPSA) is 78.1 Å². The average molecular weight is 461 g/mol. The predicted octanol–water partition coefficient (Wildman–Crippen LogP) is 5.27. The van der Waals surface area contributed by atoms with Crippen LogP contribution in [-0.4, -0.2) is 21.4 Å². The molecule has 1 fully saturated rings. The number of amides is 3. The van der Waals surface area contributed by atoms with Crippen LogP contribution in [0.15, 0.2) is 78.5 Å². The number of carbonyl (C=O) groups is 2. The van der Waals surface area contributed by atoms with Crippen LogP contribution in [0.4, 0.5) is 4.79 Å². The molecule has 6 nitrogen and oxygen atoms in total. The molecule has 5 rings (SSSR count). The number of imide groups is 1. The van der Waals surface area contributed by atoms with E-state index in [1.165, 1.54) is 4.90 Å². The first-order chi connectivity index (χ1) is 17.0. The number of fused-ring (bicyclic) bond motifs is 1. The number of benzene rings is 3. The largest absolute Gasteiger partial charge is 0.340 e. The number of aromatic nitrogens is 1. The molecular formula is C29H24N4O2. The zero-order valence-corrected chi connectivity index (χ0v) is 19.6. The zero-order chi connectivity index (χ0) is 24.5. The second-order valence-electron chi connectivity index (χ2n) is 8.74. The summed E-state index contributed by atoms with van der Waals surface area (Å²) in [4.78, 5) is 27.0. The highest BCUT2D eigenvalue weighted by Gasteiger charge is 2.34. The lowest BCUT2D eigenvalue weighted by Crippen LogP contribution is -2.30. The van der Waals surface area contributed by atoms with Crippen molar-refractivity contribution in [1.82, 2.24) is 14.8 Å². The number of nitrogens with zero attached hydrogens (tertiary/aromatic N) is 3. The molecule has 1 aliphatic rings. The molecule has 1 aromatic heterocycles. The minimum absolute atomic E-state index is 0.216. The Kier molecular flexibility index (Phi) is 5.68. The standard InChI is InChI=1S/C29H24N4O2/c1-19-11-13-21(14-12-19)17-33-28(34)26(31-29(33)35)15-25-20(2)32(27-10-6-5-9-24(25)27)18-23-8-4-3-7-22(23)16-30/h3-15H,17-18H2,1-2H3,(H,31,35)/b26-15+. The van der Waals surface area contributed by atoms with Gasteiger partial charge in [-0.3, -0.25) is 9.69 Å². The summed E-state index contributed by atoms with van der Waals surface area (Å²) in [5, 5.41) is 13.2. The highest BCUT2D eigenvalue weighted by molar-refractivity contribution is 6.14. The van der Waals surface area contributed by atoms with Crippen LogP contribution in [0.2, 0.25) is 0 Å². The van der Waals surface area contributed by atoms with Crippen LogP contribution in [0.3, 0.4) is 0 Å². The van der Waals surface area contributed by atoms with E-state index >= 15 is 0 Å². The molecule has 0 bridgehead atoms. The van der Waals surface area contributed by atoms with E-state index in [9.17, 15) is 14.9 Å². The summed E-state index contributed by atoms with van der Waals surface area (Å²) in [6.45, 7) is 4.73. The molecule has 3 aromatic carbocycles. The molecule has 0 saturated carbocycles. The quantitative estimate of drug-likeness (QED) is 0.325. The summed E-state index contributed by atoms with van der Waals surface area (Å²) in [6.07, 6.45) is 1.76. The fraction of sp³-hybridized carbons (Fsp3) is 0.138. The van der Waals surface area contributed by atoms with Crippen molar-refractivity contribution in [2.24, 2.45) is 0 Å². The fourth-order valence-corrected chi connectivity index (χ4v) is 4.52. The van der Waals surface area contributed by atoms with Gasteiger partial charge in [0.15, 0.2) is 0 Å². The Bertz CT molecular complexity index is 1540. The Labute approximate surface area is 203 Å². The number of aryl methyl sites for hydroxylation is 1. The minimum Gasteiger partial charge on any atom is -0.340 e. The summed E-state index contributed by atoms with van der Waals surface area (Å²) in [5.74, 6) is -0.346. The monoisotopic (exact) mass is 460 g/mol. The SMILES string of the molecule is Cc1ccc(CN2C(=O)N/C(=C/c3c(C)n(Cc4ccccc4C#N)c4ccccc34)C2=O)cc1.